The largest absolute Gasteiger partial charge is 0.417 e. The van der Waals surface area contributed by atoms with Crippen molar-refractivity contribution in [2.75, 3.05) is 10.8 Å². The van der Waals surface area contributed by atoms with Gasteiger partial charge in [0.15, 0.2) is 0 Å². The van der Waals surface area contributed by atoms with Crippen molar-refractivity contribution in [1.29, 1.82) is 0 Å². The molecule has 0 bridgehead atoms. The second-order valence-electron chi connectivity index (χ2n) is 8.75. The van der Waals surface area contributed by atoms with Crippen LogP contribution in [0, 0.1) is 6.92 Å². The highest BCUT2D eigenvalue weighted by Crippen LogP contribution is 2.38. The molecular formula is C29H24ClF3N2O3S. The third-order valence-corrected chi connectivity index (χ3v) is 8.22. The van der Waals surface area contributed by atoms with Gasteiger partial charge in [0.05, 0.1) is 27.2 Å². The van der Waals surface area contributed by atoms with E-state index in [4.69, 9.17) is 11.6 Å². The van der Waals surface area contributed by atoms with Gasteiger partial charge in [-0.15, -0.1) is 0 Å². The fourth-order valence-electron chi connectivity index (χ4n) is 4.15. The molecular weight excluding hydrogens is 549 g/mol. The van der Waals surface area contributed by atoms with Crippen LogP contribution in [0.15, 0.2) is 108 Å². The molecule has 0 spiro atoms. The van der Waals surface area contributed by atoms with E-state index in [1.807, 2.05) is 61.5 Å². The summed E-state index contributed by atoms with van der Waals surface area (Å²) >= 11 is 5.77. The first-order valence-corrected chi connectivity index (χ1v) is 13.6. The maximum atomic E-state index is 13.6. The number of alkyl halides is 3. The van der Waals surface area contributed by atoms with Crippen molar-refractivity contribution in [1.82, 2.24) is 5.32 Å². The first-order chi connectivity index (χ1) is 18.5. The number of amides is 1. The summed E-state index contributed by atoms with van der Waals surface area (Å²) in [4.78, 5) is 13.3. The highest BCUT2D eigenvalue weighted by molar-refractivity contribution is 7.92. The van der Waals surface area contributed by atoms with Gasteiger partial charge in [0.25, 0.3) is 10.0 Å². The Balaban J connectivity index is 1.76. The Morgan fingerprint density at radius 1 is 0.897 bits per heavy atom. The number of aryl methyl sites for hydroxylation is 1. The third-order valence-electron chi connectivity index (χ3n) is 6.10. The lowest BCUT2D eigenvalue weighted by atomic mass is 9.95. The summed E-state index contributed by atoms with van der Waals surface area (Å²) in [6.45, 7) is 1.11. The van der Waals surface area contributed by atoms with E-state index in [1.165, 1.54) is 24.3 Å². The Labute approximate surface area is 229 Å². The Kier molecular flexibility index (Phi) is 8.32. The van der Waals surface area contributed by atoms with Gasteiger partial charge in [-0.3, -0.25) is 9.10 Å². The first-order valence-electron chi connectivity index (χ1n) is 11.8. The minimum atomic E-state index is -4.83. The number of hydrogen-bond donors (Lipinski definition) is 1. The lowest BCUT2D eigenvalue weighted by Crippen LogP contribution is -2.42. The maximum absolute atomic E-state index is 13.6. The van der Waals surface area contributed by atoms with Gasteiger partial charge in [-0.2, -0.15) is 13.2 Å². The molecule has 0 aromatic heterocycles. The number of anilines is 1. The van der Waals surface area contributed by atoms with Crippen LogP contribution in [0.5, 0.6) is 0 Å². The second-order valence-corrected chi connectivity index (χ2v) is 11.0. The molecule has 4 aromatic rings. The van der Waals surface area contributed by atoms with E-state index in [9.17, 15) is 26.4 Å². The number of rotatable bonds is 8. The van der Waals surface area contributed by atoms with Crippen LogP contribution in [0.2, 0.25) is 5.02 Å². The molecule has 0 aliphatic heterocycles. The lowest BCUT2D eigenvalue weighted by Gasteiger charge is -2.27. The maximum Gasteiger partial charge on any atom is 0.417 e. The highest BCUT2D eigenvalue weighted by atomic mass is 35.5. The SMILES string of the molecule is Cc1ccccc1C(NC(=O)CN(c1ccc(Cl)c(C(F)(F)F)c1)S(=O)(=O)c1ccccc1)c1ccccc1. The molecule has 1 amide bonds. The zero-order valence-electron chi connectivity index (χ0n) is 20.7. The smallest absolute Gasteiger partial charge is 0.344 e. The lowest BCUT2D eigenvalue weighted by molar-refractivity contribution is -0.137. The van der Waals surface area contributed by atoms with E-state index in [0.29, 0.717) is 10.4 Å². The number of sulfonamides is 1. The molecule has 1 N–H and O–H groups in total. The zero-order chi connectivity index (χ0) is 28.2. The molecule has 1 unspecified atom stereocenters. The van der Waals surface area contributed by atoms with Crippen LogP contribution < -0.4 is 9.62 Å². The fraction of sp³-hybridized carbons (Fsp3) is 0.138. The summed E-state index contributed by atoms with van der Waals surface area (Å²) in [6, 6.07) is 25.8. The van der Waals surface area contributed by atoms with Gasteiger partial charge in [0.1, 0.15) is 6.54 Å². The average molecular weight is 573 g/mol. The second kappa shape index (κ2) is 11.5. The summed E-state index contributed by atoms with van der Waals surface area (Å²) in [5.41, 5.74) is 0.882. The van der Waals surface area contributed by atoms with Crippen LogP contribution in [0.4, 0.5) is 18.9 Å². The Bertz CT molecular complexity index is 1560. The van der Waals surface area contributed by atoms with Gasteiger partial charge in [0.2, 0.25) is 5.91 Å². The highest BCUT2D eigenvalue weighted by Gasteiger charge is 2.36. The van der Waals surface area contributed by atoms with Crippen LogP contribution >= 0.6 is 11.6 Å². The predicted molar refractivity (Wildman–Crippen MR) is 145 cm³/mol. The number of carbonyl (C=O) groups is 1. The molecule has 1 atom stereocenters. The van der Waals surface area contributed by atoms with Crippen molar-refractivity contribution in [3.05, 3.63) is 130 Å². The molecule has 0 heterocycles. The molecule has 0 radical (unpaired) electrons. The molecule has 202 valence electrons. The number of nitrogens with zero attached hydrogens (tertiary/aromatic N) is 1. The molecule has 4 aromatic carbocycles. The minimum absolute atomic E-state index is 0.181. The zero-order valence-corrected chi connectivity index (χ0v) is 22.3. The topological polar surface area (TPSA) is 66.5 Å². The quantitative estimate of drug-likeness (QED) is 0.253. The van der Waals surface area contributed by atoms with Crippen LogP contribution in [-0.2, 0) is 21.0 Å². The first kappa shape index (κ1) is 28.2. The number of hydrogen-bond acceptors (Lipinski definition) is 3. The fourth-order valence-corrected chi connectivity index (χ4v) is 5.81. The molecule has 5 nitrogen and oxygen atoms in total. The van der Waals surface area contributed by atoms with Gasteiger partial charge in [0, 0.05) is 0 Å². The number of benzene rings is 4. The number of halogens is 4. The summed E-state index contributed by atoms with van der Waals surface area (Å²) in [5, 5.41) is 2.29. The molecule has 39 heavy (non-hydrogen) atoms. The van der Waals surface area contributed by atoms with Gasteiger partial charge >= 0.3 is 6.18 Å². The Hall–Kier alpha value is -3.82. The predicted octanol–water partition coefficient (Wildman–Crippen LogP) is 6.77. The van der Waals surface area contributed by atoms with Gasteiger partial charge in [-0.1, -0.05) is 84.4 Å². The van der Waals surface area contributed by atoms with E-state index >= 15 is 0 Å². The van der Waals surface area contributed by atoms with Crippen molar-refractivity contribution in [3.8, 4) is 0 Å². The van der Waals surface area contributed by atoms with Crippen molar-refractivity contribution in [2.24, 2.45) is 0 Å². The molecule has 0 saturated carbocycles. The summed E-state index contributed by atoms with van der Waals surface area (Å²) in [5.74, 6) is -0.713. The van der Waals surface area contributed by atoms with Crippen LogP contribution in [0.25, 0.3) is 0 Å². The van der Waals surface area contributed by atoms with Crippen LogP contribution in [0.1, 0.15) is 28.3 Å². The van der Waals surface area contributed by atoms with Crippen LogP contribution in [-0.4, -0.2) is 20.9 Å². The molecule has 0 saturated heterocycles. The normalized spacial score (nSPS) is 12.5. The standard InChI is InChI=1S/C29H24ClF3N2O3S/c1-20-10-8-9-15-24(20)28(21-11-4-2-5-12-21)34-27(36)19-35(39(37,38)23-13-6-3-7-14-23)22-16-17-26(30)25(18-22)29(31,32)33/h2-18,28H,19H2,1H3,(H,34,36). The summed E-state index contributed by atoms with van der Waals surface area (Å²) in [7, 11) is -4.44. The van der Waals surface area contributed by atoms with E-state index in [1.54, 1.807) is 6.07 Å². The van der Waals surface area contributed by atoms with Gasteiger partial charge in [-0.05, 0) is 53.9 Å². The number of carbonyl (C=O) groups excluding carboxylic acids is 1. The molecule has 4 rings (SSSR count). The van der Waals surface area contributed by atoms with Crippen LogP contribution in [0.3, 0.4) is 0 Å². The summed E-state index contributed by atoms with van der Waals surface area (Å²) < 4.78 is 68.8. The van der Waals surface area contributed by atoms with Crippen molar-refractivity contribution < 1.29 is 26.4 Å². The van der Waals surface area contributed by atoms with Gasteiger partial charge < -0.3 is 5.32 Å². The van der Waals surface area contributed by atoms with E-state index in [-0.39, 0.29) is 10.6 Å². The molecule has 0 aliphatic carbocycles. The van der Waals surface area contributed by atoms with Crippen molar-refractivity contribution in [2.45, 2.75) is 24.0 Å². The Morgan fingerprint density at radius 2 is 1.49 bits per heavy atom. The summed E-state index contributed by atoms with van der Waals surface area (Å²) in [6.07, 6.45) is -4.83. The molecule has 0 aliphatic rings. The minimum Gasteiger partial charge on any atom is -0.344 e. The number of nitrogens with one attached hydrogen (secondary N) is 1. The van der Waals surface area contributed by atoms with Crippen molar-refractivity contribution >= 4 is 33.2 Å². The van der Waals surface area contributed by atoms with Crippen molar-refractivity contribution in [3.63, 3.8) is 0 Å². The Morgan fingerprint density at radius 3 is 2.10 bits per heavy atom. The third kappa shape index (κ3) is 6.43. The van der Waals surface area contributed by atoms with E-state index in [2.05, 4.69) is 5.32 Å². The van der Waals surface area contributed by atoms with Gasteiger partial charge in [-0.25, -0.2) is 8.42 Å². The monoisotopic (exact) mass is 572 g/mol. The van der Waals surface area contributed by atoms with E-state index < -0.39 is 45.3 Å². The average Bonchev–Trinajstić information content (AvgIpc) is 2.91. The van der Waals surface area contributed by atoms with E-state index in [0.717, 1.165) is 28.8 Å². The molecule has 0 fully saturated rings. The molecule has 10 heteroatoms.